The van der Waals surface area contributed by atoms with Crippen molar-refractivity contribution < 1.29 is 4.79 Å². The Hall–Kier alpha value is -3.42. The number of amides is 1. The smallest absolute Gasteiger partial charge is 0.325 e. The Morgan fingerprint density at radius 1 is 1.07 bits per heavy atom. The van der Waals surface area contributed by atoms with Crippen LogP contribution in [0.3, 0.4) is 0 Å². The molecule has 2 N–H and O–H groups in total. The van der Waals surface area contributed by atoms with E-state index in [1.807, 2.05) is 48.9 Å². The molecule has 1 aromatic carbocycles. The van der Waals surface area contributed by atoms with Gasteiger partial charge in [-0.15, -0.1) is 0 Å². The Labute approximate surface area is 168 Å². The van der Waals surface area contributed by atoms with E-state index in [4.69, 9.17) is 0 Å². The van der Waals surface area contributed by atoms with Crippen LogP contribution >= 0.6 is 0 Å². The lowest BCUT2D eigenvalue weighted by Crippen LogP contribution is -2.30. The predicted octanol–water partition coefficient (Wildman–Crippen LogP) is 1.77. The van der Waals surface area contributed by atoms with Crippen LogP contribution in [0.15, 0.2) is 39.9 Å². The van der Waals surface area contributed by atoms with Gasteiger partial charge in [0.1, 0.15) is 0 Å². The average Bonchev–Trinajstić information content (AvgIpc) is 2.95. The van der Waals surface area contributed by atoms with E-state index in [1.165, 1.54) is 0 Å². The second-order valence-corrected chi connectivity index (χ2v) is 7.16. The predicted molar refractivity (Wildman–Crippen MR) is 110 cm³/mol. The van der Waals surface area contributed by atoms with Crippen LogP contribution in [-0.2, 0) is 17.8 Å². The first-order chi connectivity index (χ1) is 13.8. The van der Waals surface area contributed by atoms with Crippen molar-refractivity contribution in [3.05, 3.63) is 79.4 Å². The van der Waals surface area contributed by atoms with Crippen LogP contribution in [0.1, 0.15) is 34.6 Å². The number of benzene rings is 1. The summed E-state index contributed by atoms with van der Waals surface area (Å²) in [5, 5.41) is 4.62. The van der Waals surface area contributed by atoms with Gasteiger partial charge < -0.3 is 9.88 Å². The molecule has 0 fully saturated rings. The first-order valence-electron chi connectivity index (χ1n) is 9.44. The minimum atomic E-state index is -0.541. The zero-order valence-corrected chi connectivity index (χ0v) is 17.1. The minimum absolute atomic E-state index is 0.0822. The zero-order chi connectivity index (χ0) is 21.1. The van der Waals surface area contributed by atoms with Gasteiger partial charge in [0.2, 0.25) is 5.91 Å². The molecule has 0 atom stereocenters. The molecule has 0 saturated heterocycles. The molecule has 2 heterocycles. The molecule has 3 rings (SSSR count). The third kappa shape index (κ3) is 4.37. The topological polar surface area (TPSA) is 104 Å². The highest BCUT2D eigenvalue weighted by atomic mass is 16.2. The fourth-order valence-corrected chi connectivity index (χ4v) is 3.40. The summed E-state index contributed by atoms with van der Waals surface area (Å²) < 4.78 is 1.88. The largest absolute Gasteiger partial charge is 0.341 e. The van der Waals surface area contributed by atoms with Gasteiger partial charge in [0.25, 0.3) is 5.56 Å². The Morgan fingerprint density at radius 3 is 2.41 bits per heavy atom. The molecule has 0 unspecified atom stereocenters. The standard InChI is InChI=1S/C21H25N5O3/c1-13-17(20(28)23-21(29)22-13)10-11-19(27)25(4)12-18-14(2)24-26(15(18)3)16-8-6-5-7-9-16/h5-9H,10-12H2,1-4H3,(H2,22,23,28,29). The third-order valence-electron chi connectivity index (χ3n) is 5.11. The number of nitrogens with zero attached hydrogens (tertiary/aromatic N) is 3. The first kappa shape index (κ1) is 20.3. The number of aromatic amines is 2. The summed E-state index contributed by atoms with van der Waals surface area (Å²) in [5.41, 5.74) is 3.77. The molecule has 0 bridgehead atoms. The number of aromatic nitrogens is 4. The van der Waals surface area contributed by atoms with Crippen molar-refractivity contribution >= 4 is 5.91 Å². The van der Waals surface area contributed by atoms with E-state index in [0.29, 0.717) is 17.8 Å². The lowest BCUT2D eigenvalue weighted by Gasteiger charge is -2.18. The maximum atomic E-state index is 12.6. The van der Waals surface area contributed by atoms with Crippen molar-refractivity contribution in [2.24, 2.45) is 0 Å². The average molecular weight is 395 g/mol. The maximum absolute atomic E-state index is 12.6. The monoisotopic (exact) mass is 395 g/mol. The fraction of sp³-hybridized carbons (Fsp3) is 0.333. The van der Waals surface area contributed by atoms with Crippen molar-refractivity contribution in [1.29, 1.82) is 0 Å². The highest BCUT2D eigenvalue weighted by Gasteiger charge is 2.18. The molecule has 2 aromatic heterocycles. The second kappa shape index (κ2) is 8.30. The highest BCUT2D eigenvalue weighted by Crippen LogP contribution is 2.19. The summed E-state index contributed by atoms with van der Waals surface area (Å²) in [7, 11) is 1.74. The molecule has 8 nitrogen and oxygen atoms in total. The number of nitrogens with one attached hydrogen (secondary N) is 2. The van der Waals surface area contributed by atoms with Crippen LogP contribution in [0.25, 0.3) is 5.69 Å². The summed E-state index contributed by atoms with van der Waals surface area (Å²) in [5.74, 6) is -0.0822. The van der Waals surface area contributed by atoms with Crippen molar-refractivity contribution in [1.82, 2.24) is 24.6 Å². The summed E-state index contributed by atoms with van der Waals surface area (Å²) in [6.07, 6.45) is 0.444. The van der Waals surface area contributed by atoms with Crippen LogP contribution in [0.2, 0.25) is 0 Å². The van der Waals surface area contributed by atoms with Gasteiger partial charge in [-0.3, -0.25) is 14.6 Å². The quantitative estimate of drug-likeness (QED) is 0.664. The molecule has 0 spiro atoms. The second-order valence-electron chi connectivity index (χ2n) is 7.16. The molecule has 8 heteroatoms. The number of rotatable bonds is 6. The normalized spacial score (nSPS) is 10.9. The number of hydrogen-bond donors (Lipinski definition) is 2. The number of para-hydroxylation sites is 1. The molecular weight excluding hydrogens is 370 g/mol. The van der Waals surface area contributed by atoms with Gasteiger partial charge in [-0.25, -0.2) is 9.48 Å². The lowest BCUT2D eigenvalue weighted by atomic mass is 10.1. The zero-order valence-electron chi connectivity index (χ0n) is 17.1. The van der Waals surface area contributed by atoms with Crippen molar-refractivity contribution in [2.75, 3.05) is 7.05 Å². The van der Waals surface area contributed by atoms with E-state index < -0.39 is 11.2 Å². The van der Waals surface area contributed by atoms with Gasteiger partial charge in [0.05, 0.1) is 11.4 Å². The summed E-state index contributed by atoms with van der Waals surface area (Å²) in [6, 6.07) is 9.85. The fourth-order valence-electron chi connectivity index (χ4n) is 3.40. The highest BCUT2D eigenvalue weighted by molar-refractivity contribution is 5.76. The minimum Gasteiger partial charge on any atom is -0.341 e. The SMILES string of the molecule is Cc1nn(-c2ccccc2)c(C)c1CN(C)C(=O)CCc1c(C)[nH]c(=O)[nH]c1=O. The lowest BCUT2D eigenvalue weighted by molar-refractivity contribution is -0.130. The van der Waals surface area contributed by atoms with Gasteiger partial charge in [-0.2, -0.15) is 5.10 Å². The molecule has 3 aromatic rings. The number of aryl methyl sites for hydroxylation is 2. The van der Waals surface area contributed by atoms with Crippen LogP contribution in [0, 0.1) is 20.8 Å². The Bertz CT molecular complexity index is 1140. The molecule has 0 aliphatic heterocycles. The van der Waals surface area contributed by atoms with Gasteiger partial charge in [-0.1, -0.05) is 18.2 Å². The number of carbonyl (C=O) groups excluding carboxylic acids is 1. The number of H-pyrrole nitrogens is 2. The van der Waals surface area contributed by atoms with Gasteiger partial charge in [0, 0.05) is 42.5 Å². The first-order valence-corrected chi connectivity index (χ1v) is 9.44. The Balaban J connectivity index is 1.71. The molecule has 0 aliphatic carbocycles. The van der Waals surface area contributed by atoms with Crippen LogP contribution in [0.4, 0.5) is 0 Å². The molecule has 0 radical (unpaired) electrons. The van der Waals surface area contributed by atoms with E-state index >= 15 is 0 Å². The van der Waals surface area contributed by atoms with Crippen molar-refractivity contribution in [2.45, 2.75) is 40.2 Å². The summed E-state index contributed by atoms with van der Waals surface area (Å²) >= 11 is 0. The maximum Gasteiger partial charge on any atom is 0.325 e. The molecular formula is C21H25N5O3. The van der Waals surface area contributed by atoms with Gasteiger partial charge >= 0.3 is 5.69 Å². The van der Waals surface area contributed by atoms with E-state index in [2.05, 4.69) is 15.1 Å². The van der Waals surface area contributed by atoms with Crippen LogP contribution < -0.4 is 11.2 Å². The molecule has 152 valence electrons. The van der Waals surface area contributed by atoms with Gasteiger partial charge in [0.15, 0.2) is 0 Å². The van der Waals surface area contributed by atoms with E-state index in [9.17, 15) is 14.4 Å². The molecule has 29 heavy (non-hydrogen) atoms. The number of hydrogen-bond acceptors (Lipinski definition) is 4. The van der Waals surface area contributed by atoms with E-state index in [0.717, 1.165) is 22.6 Å². The van der Waals surface area contributed by atoms with Gasteiger partial charge in [-0.05, 0) is 39.3 Å². The van der Waals surface area contributed by atoms with Crippen molar-refractivity contribution in [3.63, 3.8) is 0 Å². The Kier molecular flexibility index (Phi) is 5.81. The summed E-state index contributed by atoms with van der Waals surface area (Å²) in [6.45, 7) is 6.02. The van der Waals surface area contributed by atoms with E-state index in [1.54, 1.807) is 18.9 Å². The molecule has 0 saturated carbocycles. The third-order valence-corrected chi connectivity index (χ3v) is 5.11. The van der Waals surface area contributed by atoms with Crippen LogP contribution in [-0.4, -0.2) is 37.6 Å². The van der Waals surface area contributed by atoms with E-state index in [-0.39, 0.29) is 18.7 Å². The summed E-state index contributed by atoms with van der Waals surface area (Å²) in [4.78, 5) is 42.3. The Morgan fingerprint density at radius 2 is 1.76 bits per heavy atom. The number of carbonyl (C=O) groups is 1. The van der Waals surface area contributed by atoms with Crippen molar-refractivity contribution in [3.8, 4) is 5.69 Å². The van der Waals surface area contributed by atoms with Crippen LogP contribution in [0.5, 0.6) is 0 Å². The molecule has 0 aliphatic rings. The molecule has 1 amide bonds.